The zero-order valence-electron chi connectivity index (χ0n) is 8.62. The van der Waals surface area contributed by atoms with E-state index in [-0.39, 0.29) is 11.1 Å². The SMILES string of the molecule is COCC(Cl)CCNCCS(C)(=O)=O. The van der Waals surface area contributed by atoms with Crippen LogP contribution in [0.2, 0.25) is 0 Å². The fraction of sp³-hybridized carbons (Fsp3) is 1.00. The third kappa shape index (κ3) is 10.2. The number of halogens is 1. The molecule has 0 spiro atoms. The average Bonchev–Trinajstić information content (AvgIpc) is 2.02. The van der Waals surface area contributed by atoms with Crippen molar-refractivity contribution in [3.63, 3.8) is 0 Å². The summed E-state index contributed by atoms with van der Waals surface area (Å²) < 4.78 is 26.3. The number of hydrogen-bond donors (Lipinski definition) is 1. The summed E-state index contributed by atoms with van der Waals surface area (Å²) in [5.41, 5.74) is 0. The normalized spacial score (nSPS) is 14.2. The van der Waals surface area contributed by atoms with Gasteiger partial charge in [-0.25, -0.2) is 8.42 Å². The van der Waals surface area contributed by atoms with E-state index in [0.717, 1.165) is 6.42 Å². The Morgan fingerprint density at radius 1 is 1.43 bits per heavy atom. The molecule has 0 rings (SSSR count). The lowest BCUT2D eigenvalue weighted by molar-refractivity contribution is 0.195. The molecular weight excluding hydrogens is 226 g/mol. The van der Waals surface area contributed by atoms with Gasteiger partial charge in [-0.15, -0.1) is 11.6 Å². The summed E-state index contributed by atoms with van der Waals surface area (Å²) in [7, 11) is -1.25. The summed E-state index contributed by atoms with van der Waals surface area (Å²) in [4.78, 5) is 0. The maximum absolute atomic E-state index is 10.7. The van der Waals surface area contributed by atoms with Crippen molar-refractivity contribution < 1.29 is 13.2 Å². The summed E-state index contributed by atoms with van der Waals surface area (Å²) in [6.07, 6.45) is 2.00. The maximum atomic E-state index is 10.7. The van der Waals surface area contributed by atoms with Gasteiger partial charge in [0.1, 0.15) is 9.84 Å². The number of methoxy groups -OCH3 is 1. The van der Waals surface area contributed by atoms with Gasteiger partial charge in [-0.3, -0.25) is 0 Å². The quantitative estimate of drug-likeness (QED) is 0.491. The van der Waals surface area contributed by atoms with E-state index < -0.39 is 9.84 Å². The van der Waals surface area contributed by atoms with Gasteiger partial charge in [0.25, 0.3) is 0 Å². The van der Waals surface area contributed by atoms with Crippen LogP contribution in [0.1, 0.15) is 6.42 Å². The van der Waals surface area contributed by atoms with Crippen molar-refractivity contribution >= 4 is 21.4 Å². The molecule has 0 fully saturated rings. The molecule has 6 heteroatoms. The third-order valence-electron chi connectivity index (χ3n) is 1.63. The summed E-state index contributed by atoms with van der Waals surface area (Å²) in [5.74, 6) is 0.171. The zero-order valence-corrected chi connectivity index (χ0v) is 10.2. The summed E-state index contributed by atoms with van der Waals surface area (Å²) >= 11 is 5.87. The molecule has 0 aromatic heterocycles. The lowest BCUT2D eigenvalue weighted by atomic mass is 10.3. The Bertz CT molecular complexity index is 231. The second-order valence-electron chi connectivity index (χ2n) is 3.22. The van der Waals surface area contributed by atoms with Crippen LogP contribution in [-0.2, 0) is 14.6 Å². The van der Waals surface area contributed by atoms with Gasteiger partial charge in [-0.05, 0) is 13.0 Å². The van der Waals surface area contributed by atoms with Crippen molar-refractivity contribution in [2.24, 2.45) is 0 Å². The van der Waals surface area contributed by atoms with E-state index in [1.165, 1.54) is 6.26 Å². The number of ether oxygens (including phenoxy) is 1. The van der Waals surface area contributed by atoms with Crippen LogP contribution in [0, 0.1) is 0 Å². The van der Waals surface area contributed by atoms with Gasteiger partial charge in [-0.2, -0.15) is 0 Å². The molecule has 1 N–H and O–H groups in total. The Morgan fingerprint density at radius 3 is 2.57 bits per heavy atom. The summed E-state index contributed by atoms with van der Waals surface area (Å²) in [5, 5.41) is 3.00. The molecule has 0 saturated heterocycles. The largest absolute Gasteiger partial charge is 0.383 e. The first-order valence-electron chi connectivity index (χ1n) is 4.47. The van der Waals surface area contributed by atoms with Gasteiger partial charge >= 0.3 is 0 Å². The molecule has 0 heterocycles. The minimum Gasteiger partial charge on any atom is -0.383 e. The van der Waals surface area contributed by atoms with Crippen LogP contribution < -0.4 is 5.32 Å². The highest BCUT2D eigenvalue weighted by Crippen LogP contribution is 2.00. The third-order valence-corrected chi connectivity index (χ3v) is 2.92. The molecule has 0 aliphatic carbocycles. The van der Waals surface area contributed by atoms with Crippen molar-refractivity contribution in [2.75, 3.05) is 38.8 Å². The van der Waals surface area contributed by atoms with Gasteiger partial charge in [0, 0.05) is 19.9 Å². The molecule has 0 amide bonds. The van der Waals surface area contributed by atoms with Crippen molar-refractivity contribution in [2.45, 2.75) is 11.8 Å². The van der Waals surface area contributed by atoms with Gasteiger partial charge in [0.05, 0.1) is 17.7 Å². The Morgan fingerprint density at radius 2 is 2.07 bits per heavy atom. The average molecular weight is 244 g/mol. The smallest absolute Gasteiger partial charge is 0.148 e. The number of rotatable bonds is 8. The minimum absolute atomic E-state index is 0.00858. The molecule has 0 aromatic rings. The van der Waals surface area contributed by atoms with Crippen LogP contribution in [0.5, 0.6) is 0 Å². The summed E-state index contributed by atoms with van der Waals surface area (Å²) in [6.45, 7) is 1.72. The Balaban J connectivity index is 3.30. The van der Waals surface area contributed by atoms with Gasteiger partial charge in [0.2, 0.25) is 0 Å². The van der Waals surface area contributed by atoms with Crippen molar-refractivity contribution in [3.8, 4) is 0 Å². The molecule has 0 bridgehead atoms. The number of nitrogens with one attached hydrogen (secondary N) is 1. The van der Waals surface area contributed by atoms with Crippen LogP contribution in [0.15, 0.2) is 0 Å². The molecule has 0 aromatic carbocycles. The van der Waals surface area contributed by atoms with E-state index in [4.69, 9.17) is 16.3 Å². The highest BCUT2D eigenvalue weighted by atomic mass is 35.5. The first-order valence-corrected chi connectivity index (χ1v) is 6.97. The lowest BCUT2D eigenvalue weighted by Gasteiger charge is -2.08. The molecule has 0 aliphatic heterocycles. The molecule has 1 atom stereocenters. The topological polar surface area (TPSA) is 55.4 Å². The minimum atomic E-state index is -2.86. The zero-order chi connectivity index (χ0) is 11.0. The lowest BCUT2D eigenvalue weighted by Crippen LogP contribution is -2.25. The predicted octanol–water partition coefficient (Wildman–Crippen LogP) is 0.265. The predicted molar refractivity (Wildman–Crippen MR) is 58.7 cm³/mol. The second kappa shape index (κ2) is 7.45. The van der Waals surface area contributed by atoms with E-state index >= 15 is 0 Å². The molecule has 0 radical (unpaired) electrons. The van der Waals surface area contributed by atoms with Gasteiger partial charge in [-0.1, -0.05) is 0 Å². The van der Waals surface area contributed by atoms with Crippen LogP contribution in [0.3, 0.4) is 0 Å². The van der Waals surface area contributed by atoms with Crippen molar-refractivity contribution in [3.05, 3.63) is 0 Å². The number of sulfone groups is 1. The van der Waals surface area contributed by atoms with E-state index in [1.54, 1.807) is 7.11 Å². The Hall–Kier alpha value is 0.160. The van der Waals surface area contributed by atoms with Crippen LogP contribution in [0.25, 0.3) is 0 Å². The van der Waals surface area contributed by atoms with Crippen molar-refractivity contribution in [1.82, 2.24) is 5.32 Å². The molecule has 86 valence electrons. The van der Waals surface area contributed by atoms with Crippen LogP contribution in [0.4, 0.5) is 0 Å². The highest BCUT2D eigenvalue weighted by molar-refractivity contribution is 7.90. The molecule has 0 saturated carbocycles. The first-order chi connectivity index (χ1) is 6.45. The van der Waals surface area contributed by atoms with Gasteiger partial charge < -0.3 is 10.1 Å². The monoisotopic (exact) mass is 243 g/mol. The maximum Gasteiger partial charge on any atom is 0.148 e. The number of hydrogen-bond acceptors (Lipinski definition) is 4. The van der Waals surface area contributed by atoms with E-state index in [2.05, 4.69) is 5.32 Å². The van der Waals surface area contributed by atoms with Gasteiger partial charge in [0.15, 0.2) is 0 Å². The van der Waals surface area contributed by atoms with Crippen molar-refractivity contribution in [1.29, 1.82) is 0 Å². The molecular formula is C8H18ClNO3S. The standard InChI is InChI=1S/C8H18ClNO3S/c1-13-7-8(9)3-4-10-5-6-14(2,11)12/h8,10H,3-7H2,1-2H3. The van der Waals surface area contributed by atoms with E-state index in [9.17, 15) is 8.42 Å². The molecule has 14 heavy (non-hydrogen) atoms. The summed E-state index contributed by atoms with van der Waals surface area (Å²) in [6, 6.07) is 0. The van der Waals surface area contributed by atoms with E-state index in [0.29, 0.717) is 19.7 Å². The fourth-order valence-corrected chi connectivity index (χ4v) is 1.66. The van der Waals surface area contributed by atoms with Crippen LogP contribution in [-0.4, -0.2) is 52.6 Å². The highest BCUT2D eigenvalue weighted by Gasteiger charge is 2.04. The first kappa shape index (κ1) is 14.2. The second-order valence-corrected chi connectivity index (χ2v) is 6.10. The van der Waals surface area contributed by atoms with E-state index in [1.807, 2.05) is 0 Å². The molecule has 1 unspecified atom stereocenters. The Kier molecular flexibility index (Phi) is 7.54. The fourth-order valence-electron chi connectivity index (χ4n) is 0.905. The Labute approximate surface area is 90.9 Å². The molecule has 4 nitrogen and oxygen atoms in total. The molecule has 0 aliphatic rings. The number of alkyl halides is 1. The van der Waals surface area contributed by atoms with Crippen LogP contribution >= 0.6 is 11.6 Å².